The molecule has 146 valence electrons. The monoisotopic (exact) mass is 394 g/mol. The number of benzene rings is 1. The van der Waals surface area contributed by atoms with Crippen molar-refractivity contribution in [3.8, 4) is 0 Å². The Kier molecular flexibility index (Phi) is 5.72. The van der Waals surface area contributed by atoms with Crippen LogP contribution in [0, 0.1) is 11.7 Å². The van der Waals surface area contributed by atoms with Crippen molar-refractivity contribution < 1.29 is 14.0 Å². The number of nitrogen functional groups attached to an aromatic ring is 1. The van der Waals surface area contributed by atoms with Crippen LogP contribution >= 0.6 is 11.6 Å². The number of fused-ring (bicyclic) bond motifs is 1. The zero-order valence-corrected chi connectivity index (χ0v) is 16.1. The lowest BCUT2D eigenvalue weighted by atomic mass is 9.82. The number of amides is 2. The number of rotatable bonds is 4. The molecule has 1 aromatic carbocycles. The molecule has 0 radical (unpaired) electrons. The molecule has 27 heavy (non-hydrogen) atoms. The molecule has 0 saturated carbocycles. The summed E-state index contributed by atoms with van der Waals surface area (Å²) in [7, 11) is 0. The van der Waals surface area contributed by atoms with E-state index >= 15 is 0 Å². The minimum absolute atomic E-state index is 0.0177. The predicted molar refractivity (Wildman–Crippen MR) is 102 cm³/mol. The second-order valence-electron chi connectivity index (χ2n) is 7.21. The smallest absolute Gasteiger partial charge is 0.249 e. The number of hydrogen-bond donors (Lipinski definition) is 4. The second-order valence-corrected chi connectivity index (χ2v) is 7.62. The standard InChI is InChI=1S/C19H24ClFN4O2/c1-9(12-4-3-11(22)7-14(12)21)24-16(26)8-13-18(20)17-10(2)23-6-5-15(17)25-19(13)27/h3-4,7,9-10,15,17,23H,5-6,8,22H2,1-2H3,(H,24,26)(H,25,27)/t9-,10?,15?,17?/m1/s1. The SMILES string of the molecule is CC1NCCC2NC(=O)C(CC(=O)N[C@H](C)c3ccc(N)cc3F)=C(Cl)C12. The molecule has 0 aromatic heterocycles. The van der Waals surface area contributed by atoms with E-state index in [0.29, 0.717) is 16.3 Å². The molecular weight excluding hydrogens is 371 g/mol. The van der Waals surface area contributed by atoms with Gasteiger partial charge < -0.3 is 21.7 Å². The summed E-state index contributed by atoms with van der Waals surface area (Å²) in [5.41, 5.74) is 6.47. The maximum atomic E-state index is 14.0. The molecule has 1 saturated heterocycles. The molecule has 1 aromatic rings. The van der Waals surface area contributed by atoms with Crippen LogP contribution in [0.5, 0.6) is 0 Å². The van der Waals surface area contributed by atoms with Crippen LogP contribution in [0.15, 0.2) is 28.8 Å². The Balaban J connectivity index is 1.72. The first kappa shape index (κ1) is 19.6. The van der Waals surface area contributed by atoms with E-state index < -0.39 is 17.8 Å². The first-order valence-corrected chi connectivity index (χ1v) is 9.42. The summed E-state index contributed by atoms with van der Waals surface area (Å²) in [4.78, 5) is 24.9. The third kappa shape index (κ3) is 4.09. The Labute approximate surface area is 162 Å². The van der Waals surface area contributed by atoms with Gasteiger partial charge in [0.2, 0.25) is 11.8 Å². The summed E-state index contributed by atoms with van der Waals surface area (Å²) in [6, 6.07) is 3.85. The van der Waals surface area contributed by atoms with Gasteiger partial charge >= 0.3 is 0 Å². The Morgan fingerprint density at radius 1 is 1.48 bits per heavy atom. The lowest BCUT2D eigenvalue weighted by molar-refractivity contribution is -0.124. The summed E-state index contributed by atoms with van der Waals surface area (Å²) in [6.07, 6.45) is 0.644. The highest BCUT2D eigenvalue weighted by molar-refractivity contribution is 6.33. The van der Waals surface area contributed by atoms with Crippen LogP contribution in [0.25, 0.3) is 0 Å². The van der Waals surface area contributed by atoms with Gasteiger partial charge in [-0.2, -0.15) is 0 Å². The first-order valence-electron chi connectivity index (χ1n) is 9.05. The van der Waals surface area contributed by atoms with E-state index in [4.69, 9.17) is 17.3 Å². The van der Waals surface area contributed by atoms with Gasteiger partial charge in [0.25, 0.3) is 0 Å². The number of halogens is 2. The molecule has 2 amide bonds. The summed E-state index contributed by atoms with van der Waals surface area (Å²) in [5, 5.41) is 9.46. The van der Waals surface area contributed by atoms with Gasteiger partial charge in [-0.1, -0.05) is 17.7 Å². The van der Waals surface area contributed by atoms with E-state index in [1.54, 1.807) is 13.0 Å². The fourth-order valence-corrected chi connectivity index (χ4v) is 4.33. The van der Waals surface area contributed by atoms with Crippen LogP contribution in [0.1, 0.15) is 38.3 Å². The number of nitrogens with two attached hydrogens (primary N) is 1. The van der Waals surface area contributed by atoms with Crippen LogP contribution in [-0.4, -0.2) is 30.4 Å². The Morgan fingerprint density at radius 2 is 2.22 bits per heavy atom. The summed E-state index contributed by atoms with van der Waals surface area (Å²) >= 11 is 6.51. The maximum Gasteiger partial charge on any atom is 0.249 e. The van der Waals surface area contributed by atoms with Gasteiger partial charge in [-0.05, 0) is 38.9 Å². The zero-order valence-electron chi connectivity index (χ0n) is 15.3. The lowest BCUT2D eigenvalue weighted by Crippen LogP contribution is -2.57. The Bertz CT molecular complexity index is 798. The Morgan fingerprint density at radius 3 is 2.93 bits per heavy atom. The second kappa shape index (κ2) is 7.86. The number of carbonyl (C=O) groups is 2. The van der Waals surface area contributed by atoms with Crippen LogP contribution in [-0.2, 0) is 9.59 Å². The fraction of sp³-hybridized carbons (Fsp3) is 0.474. The average molecular weight is 395 g/mol. The van der Waals surface area contributed by atoms with Gasteiger partial charge in [0.15, 0.2) is 0 Å². The summed E-state index contributed by atoms with van der Waals surface area (Å²) in [6.45, 7) is 4.50. The van der Waals surface area contributed by atoms with Crippen molar-refractivity contribution in [3.63, 3.8) is 0 Å². The molecule has 5 N–H and O–H groups in total. The van der Waals surface area contributed by atoms with E-state index in [1.807, 2.05) is 6.92 Å². The van der Waals surface area contributed by atoms with Crippen molar-refractivity contribution in [2.45, 2.75) is 44.8 Å². The van der Waals surface area contributed by atoms with Gasteiger partial charge in [0.1, 0.15) is 5.82 Å². The quantitative estimate of drug-likeness (QED) is 0.587. The molecule has 6 nitrogen and oxygen atoms in total. The fourth-order valence-electron chi connectivity index (χ4n) is 3.83. The zero-order chi connectivity index (χ0) is 19.7. The van der Waals surface area contributed by atoms with Crippen molar-refractivity contribution in [3.05, 3.63) is 40.2 Å². The average Bonchev–Trinajstić information content (AvgIpc) is 2.58. The molecule has 2 heterocycles. The molecule has 0 aliphatic carbocycles. The third-order valence-corrected chi connectivity index (χ3v) is 5.75. The van der Waals surface area contributed by atoms with Crippen molar-refractivity contribution in [2.24, 2.45) is 5.92 Å². The molecule has 0 spiro atoms. The molecule has 2 aliphatic rings. The van der Waals surface area contributed by atoms with Crippen molar-refractivity contribution in [2.75, 3.05) is 12.3 Å². The minimum atomic E-state index is -0.563. The number of nitrogens with one attached hydrogen (secondary N) is 3. The van der Waals surface area contributed by atoms with Crippen molar-refractivity contribution >= 4 is 29.1 Å². The largest absolute Gasteiger partial charge is 0.399 e. The molecule has 4 atom stereocenters. The number of piperidine rings is 1. The first-order chi connectivity index (χ1) is 12.8. The molecule has 3 rings (SSSR count). The lowest BCUT2D eigenvalue weighted by Gasteiger charge is -2.41. The van der Waals surface area contributed by atoms with E-state index in [-0.39, 0.29) is 35.9 Å². The van der Waals surface area contributed by atoms with Gasteiger partial charge in [0, 0.05) is 39.9 Å². The van der Waals surface area contributed by atoms with E-state index in [9.17, 15) is 14.0 Å². The normalized spacial score (nSPS) is 26.2. The van der Waals surface area contributed by atoms with Crippen LogP contribution < -0.4 is 21.7 Å². The van der Waals surface area contributed by atoms with Gasteiger partial charge in [-0.25, -0.2) is 4.39 Å². The highest BCUT2D eigenvalue weighted by Crippen LogP contribution is 2.34. The molecular formula is C19H24ClFN4O2. The van der Waals surface area contributed by atoms with Gasteiger partial charge in [-0.3, -0.25) is 9.59 Å². The molecule has 0 bridgehead atoms. The maximum absolute atomic E-state index is 14.0. The van der Waals surface area contributed by atoms with Crippen LogP contribution in [0.2, 0.25) is 0 Å². The van der Waals surface area contributed by atoms with Crippen LogP contribution in [0.4, 0.5) is 10.1 Å². The van der Waals surface area contributed by atoms with E-state index in [0.717, 1.165) is 13.0 Å². The minimum Gasteiger partial charge on any atom is -0.399 e. The molecule has 3 unspecified atom stereocenters. The third-order valence-electron chi connectivity index (χ3n) is 5.27. The number of anilines is 1. The highest BCUT2D eigenvalue weighted by atomic mass is 35.5. The van der Waals surface area contributed by atoms with Crippen molar-refractivity contribution in [1.29, 1.82) is 0 Å². The van der Waals surface area contributed by atoms with Gasteiger partial charge in [-0.15, -0.1) is 0 Å². The highest BCUT2D eigenvalue weighted by Gasteiger charge is 2.40. The molecule has 2 aliphatic heterocycles. The Hall–Kier alpha value is -2.12. The van der Waals surface area contributed by atoms with Crippen LogP contribution in [0.3, 0.4) is 0 Å². The topological polar surface area (TPSA) is 96.2 Å². The van der Waals surface area contributed by atoms with E-state index in [1.165, 1.54) is 12.1 Å². The summed E-state index contributed by atoms with van der Waals surface area (Å²) in [5.74, 6) is -1.23. The summed E-state index contributed by atoms with van der Waals surface area (Å²) < 4.78 is 14.0. The predicted octanol–water partition coefficient (Wildman–Crippen LogP) is 1.96. The molecule has 1 fully saturated rings. The van der Waals surface area contributed by atoms with E-state index in [2.05, 4.69) is 16.0 Å². The van der Waals surface area contributed by atoms with Crippen molar-refractivity contribution in [1.82, 2.24) is 16.0 Å². The number of carbonyl (C=O) groups excluding carboxylic acids is 2. The number of hydrogen-bond acceptors (Lipinski definition) is 4. The molecule has 8 heteroatoms. The van der Waals surface area contributed by atoms with Gasteiger partial charge in [0.05, 0.1) is 12.5 Å².